The molecule has 0 unspecified atom stereocenters. The van der Waals surface area contributed by atoms with E-state index in [9.17, 15) is 18.8 Å². The van der Waals surface area contributed by atoms with Crippen LogP contribution in [0.1, 0.15) is 52.0 Å². The number of nitrogens with one attached hydrogen (secondary N) is 2. The van der Waals surface area contributed by atoms with E-state index in [1.54, 1.807) is 6.07 Å². The Labute approximate surface area is 208 Å². The van der Waals surface area contributed by atoms with Gasteiger partial charge in [0.25, 0.3) is 11.8 Å². The summed E-state index contributed by atoms with van der Waals surface area (Å²) in [6.45, 7) is 2.33. The number of hydrogen-bond donors (Lipinski definition) is 3. The molecule has 0 heterocycles. The van der Waals surface area contributed by atoms with Crippen LogP contribution in [0.3, 0.4) is 0 Å². The number of fused-ring (bicyclic) bond motifs is 1. The SMILES string of the molecule is Cc1ccc2ccc(C(=O)NCCNC(=O)c3ccc(O[C@H]4CC[C@@H](C(=O)O)CC4)cc3F)cc2c1. The van der Waals surface area contributed by atoms with E-state index >= 15 is 0 Å². The highest BCUT2D eigenvalue weighted by molar-refractivity contribution is 5.99. The van der Waals surface area contributed by atoms with Gasteiger partial charge in [-0.05, 0) is 67.6 Å². The summed E-state index contributed by atoms with van der Waals surface area (Å²) in [6, 6.07) is 15.6. The molecule has 0 radical (unpaired) electrons. The zero-order valence-corrected chi connectivity index (χ0v) is 20.1. The van der Waals surface area contributed by atoms with Gasteiger partial charge in [0.05, 0.1) is 17.6 Å². The minimum Gasteiger partial charge on any atom is -0.490 e. The summed E-state index contributed by atoms with van der Waals surface area (Å²) < 4.78 is 20.3. The fourth-order valence-electron chi connectivity index (χ4n) is 4.43. The first-order valence-corrected chi connectivity index (χ1v) is 12.1. The molecular formula is C28H29FN2O5. The number of carbonyl (C=O) groups excluding carboxylic acids is 2. The Balaban J connectivity index is 1.24. The average Bonchev–Trinajstić information content (AvgIpc) is 2.86. The maximum absolute atomic E-state index is 14.5. The number of ether oxygens (including phenoxy) is 1. The molecule has 0 spiro atoms. The number of carbonyl (C=O) groups is 3. The topological polar surface area (TPSA) is 105 Å². The predicted octanol–water partition coefficient (Wildman–Crippen LogP) is 4.47. The number of aryl methyl sites for hydroxylation is 1. The molecule has 0 saturated heterocycles. The van der Waals surface area contributed by atoms with Crippen molar-refractivity contribution in [2.24, 2.45) is 5.92 Å². The summed E-state index contributed by atoms with van der Waals surface area (Å²) in [6.07, 6.45) is 2.06. The lowest BCUT2D eigenvalue weighted by Crippen LogP contribution is -2.35. The Morgan fingerprint density at radius 3 is 2.28 bits per heavy atom. The minimum absolute atomic E-state index is 0.117. The normalized spacial score (nSPS) is 17.4. The van der Waals surface area contributed by atoms with Gasteiger partial charge in [-0.3, -0.25) is 14.4 Å². The van der Waals surface area contributed by atoms with Crippen molar-refractivity contribution in [2.75, 3.05) is 13.1 Å². The maximum atomic E-state index is 14.5. The van der Waals surface area contributed by atoms with Crippen molar-refractivity contribution in [2.45, 2.75) is 38.7 Å². The average molecular weight is 493 g/mol. The fraction of sp³-hybridized carbons (Fsp3) is 0.321. The van der Waals surface area contributed by atoms with Gasteiger partial charge >= 0.3 is 5.97 Å². The first-order chi connectivity index (χ1) is 17.3. The lowest BCUT2D eigenvalue weighted by Gasteiger charge is -2.26. The number of benzene rings is 3. The smallest absolute Gasteiger partial charge is 0.306 e. The van der Waals surface area contributed by atoms with Crippen molar-refractivity contribution in [1.82, 2.24) is 10.6 Å². The highest BCUT2D eigenvalue weighted by Gasteiger charge is 2.27. The number of carboxylic acid groups (broad SMARTS) is 1. The summed E-state index contributed by atoms with van der Waals surface area (Å²) in [5, 5.41) is 16.5. The predicted molar refractivity (Wildman–Crippen MR) is 134 cm³/mol. The van der Waals surface area contributed by atoms with E-state index in [-0.39, 0.29) is 36.6 Å². The van der Waals surface area contributed by atoms with Crippen molar-refractivity contribution >= 4 is 28.6 Å². The number of rotatable bonds is 8. The highest BCUT2D eigenvalue weighted by atomic mass is 19.1. The highest BCUT2D eigenvalue weighted by Crippen LogP contribution is 2.28. The monoisotopic (exact) mass is 492 g/mol. The minimum atomic E-state index is -0.793. The molecule has 0 aliphatic heterocycles. The molecule has 3 aromatic carbocycles. The molecule has 1 saturated carbocycles. The van der Waals surface area contributed by atoms with E-state index < -0.39 is 17.7 Å². The summed E-state index contributed by atoms with van der Waals surface area (Å²) in [4.78, 5) is 35.9. The molecule has 0 atom stereocenters. The van der Waals surface area contributed by atoms with E-state index in [1.807, 2.05) is 37.3 Å². The third kappa shape index (κ3) is 6.19. The van der Waals surface area contributed by atoms with Crippen molar-refractivity contribution in [3.05, 3.63) is 77.1 Å². The molecule has 36 heavy (non-hydrogen) atoms. The van der Waals surface area contributed by atoms with Crippen LogP contribution in [-0.4, -0.2) is 42.1 Å². The molecule has 2 amide bonds. The number of carboxylic acids is 1. The summed E-state index contributed by atoms with van der Waals surface area (Å²) in [5.41, 5.74) is 1.52. The van der Waals surface area contributed by atoms with Crippen LogP contribution in [0.25, 0.3) is 10.8 Å². The van der Waals surface area contributed by atoms with Crippen LogP contribution in [0.4, 0.5) is 4.39 Å². The van der Waals surface area contributed by atoms with Gasteiger partial charge in [-0.15, -0.1) is 0 Å². The zero-order valence-electron chi connectivity index (χ0n) is 20.1. The van der Waals surface area contributed by atoms with Gasteiger partial charge in [-0.25, -0.2) is 4.39 Å². The van der Waals surface area contributed by atoms with Crippen molar-refractivity contribution in [1.29, 1.82) is 0 Å². The van der Waals surface area contributed by atoms with Crippen LogP contribution in [-0.2, 0) is 4.79 Å². The second kappa shape index (κ2) is 11.2. The molecule has 3 aromatic rings. The zero-order chi connectivity index (χ0) is 25.7. The summed E-state index contributed by atoms with van der Waals surface area (Å²) >= 11 is 0. The molecule has 1 aliphatic carbocycles. The first kappa shape index (κ1) is 25.2. The third-order valence-electron chi connectivity index (χ3n) is 6.47. The van der Waals surface area contributed by atoms with Crippen LogP contribution in [0.15, 0.2) is 54.6 Å². The van der Waals surface area contributed by atoms with E-state index in [2.05, 4.69) is 10.6 Å². The van der Waals surface area contributed by atoms with Gasteiger partial charge in [0.1, 0.15) is 11.6 Å². The van der Waals surface area contributed by atoms with E-state index in [0.29, 0.717) is 37.0 Å². The Hall–Kier alpha value is -3.94. The first-order valence-electron chi connectivity index (χ1n) is 12.1. The van der Waals surface area contributed by atoms with Gasteiger partial charge in [0, 0.05) is 24.7 Å². The van der Waals surface area contributed by atoms with Crippen molar-refractivity contribution in [3.8, 4) is 5.75 Å². The second-order valence-corrected chi connectivity index (χ2v) is 9.15. The Kier molecular flexibility index (Phi) is 7.83. The molecule has 0 aromatic heterocycles. The molecule has 8 heteroatoms. The number of hydrogen-bond acceptors (Lipinski definition) is 4. The second-order valence-electron chi connectivity index (χ2n) is 9.15. The van der Waals surface area contributed by atoms with Crippen LogP contribution in [0, 0.1) is 18.7 Å². The van der Waals surface area contributed by atoms with E-state index in [0.717, 1.165) is 16.3 Å². The molecule has 1 fully saturated rings. The standard InChI is InChI=1S/C28H29FN2O5/c1-17-2-3-18-4-5-20(15-21(18)14-17)26(32)30-12-13-31-27(33)24-11-10-23(16-25(24)29)36-22-8-6-19(7-9-22)28(34)35/h2-5,10-11,14-16,19,22H,6-9,12-13H2,1H3,(H,30,32)(H,31,33)(H,34,35)/t19-,22+. The van der Waals surface area contributed by atoms with Crippen molar-refractivity contribution in [3.63, 3.8) is 0 Å². The molecule has 3 N–H and O–H groups in total. The molecule has 188 valence electrons. The van der Waals surface area contributed by atoms with Gasteiger partial charge in [0.2, 0.25) is 0 Å². The van der Waals surface area contributed by atoms with Gasteiger partial charge in [-0.2, -0.15) is 0 Å². The van der Waals surface area contributed by atoms with Crippen molar-refractivity contribution < 1.29 is 28.6 Å². The number of aliphatic carboxylic acids is 1. The third-order valence-corrected chi connectivity index (χ3v) is 6.47. The lowest BCUT2D eigenvalue weighted by molar-refractivity contribution is -0.143. The van der Waals surface area contributed by atoms with Crippen LogP contribution >= 0.6 is 0 Å². The Morgan fingerprint density at radius 1 is 0.889 bits per heavy atom. The number of amides is 2. The van der Waals surface area contributed by atoms with Gasteiger partial charge in [-0.1, -0.05) is 29.8 Å². The molecule has 0 bridgehead atoms. The molecule has 1 aliphatic rings. The van der Waals surface area contributed by atoms with Gasteiger partial charge in [0.15, 0.2) is 0 Å². The quantitative estimate of drug-likeness (QED) is 0.403. The maximum Gasteiger partial charge on any atom is 0.306 e. The van der Waals surface area contributed by atoms with Gasteiger partial charge < -0.3 is 20.5 Å². The summed E-state index contributed by atoms with van der Waals surface area (Å²) in [5.74, 6) is -2.39. The van der Waals surface area contributed by atoms with E-state index in [1.165, 1.54) is 18.2 Å². The lowest BCUT2D eigenvalue weighted by atomic mass is 9.87. The summed E-state index contributed by atoms with van der Waals surface area (Å²) in [7, 11) is 0. The number of halogens is 1. The largest absolute Gasteiger partial charge is 0.490 e. The Bertz CT molecular complexity index is 1280. The fourth-order valence-corrected chi connectivity index (χ4v) is 4.43. The van der Waals surface area contributed by atoms with Crippen LogP contribution in [0.5, 0.6) is 5.75 Å². The molecule has 4 rings (SSSR count). The van der Waals surface area contributed by atoms with Crippen LogP contribution in [0.2, 0.25) is 0 Å². The molecular weight excluding hydrogens is 463 g/mol. The Morgan fingerprint density at radius 2 is 1.58 bits per heavy atom. The van der Waals surface area contributed by atoms with Crippen LogP contribution < -0.4 is 15.4 Å². The van der Waals surface area contributed by atoms with E-state index in [4.69, 9.17) is 9.84 Å². The molecule has 7 nitrogen and oxygen atoms in total.